The lowest BCUT2D eigenvalue weighted by Crippen LogP contribution is -2.22. The summed E-state index contributed by atoms with van der Waals surface area (Å²) in [5.41, 5.74) is 10.5. The van der Waals surface area contributed by atoms with Gasteiger partial charge < -0.3 is 5.73 Å². The van der Waals surface area contributed by atoms with Crippen LogP contribution in [0.1, 0.15) is 22.3 Å². The van der Waals surface area contributed by atoms with Gasteiger partial charge in [-0.25, -0.2) is 0 Å². The molecule has 0 amide bonds. The van der Waals surface area contributed by atoms with Crippen molar-refractivity contribution in [2.45, 2.75) is 26.2 Å². The average Bonchev–Trinajstić information content (AvgIpc) is 2.64. The van der Waals surface area contributed by atoms with Crippen molar-refractivity contribution in [1.29, 1.82) is 0 Å². The predicted octanol–water partition coefficient (Wildman–Crippen LogP) is 5.65. The van der Waals surface area contributed by atoms with E-state index >= 15 is 0 Å². The minimum atomic E-state index is 0.567. The molecule has 0 spiro atoms. The first-order valence-electron chi connectivity index (χ1n) is 8.61. The second kappa shape index (κ2) is 9.20. The molecule has 0 bridgehead atoms. The Morgan fingerprint density at radius 1 is 0.615 bits per heavy atom. The highest BCUT2D eigenvalue weighted by molar-refractivity contribution is 6.30. The lowest BCUT2D eigenvalue weighted by Gasteiger charge is -2.23. The van der Waals surface area contributed by atoms with E-state index in [9.17, 15) is 0 Å². The van der Waals surface area contributed by atoms with E-state index in [1.54, 1.807) is 0 Å². The summed E-state index contributed by atoms with van der Waals surface area (Å²) in [5.74, 6) is 0. The van der Waals surface area contributed by atoms with Crippen LogP contribution in [0.2, 0.25) is 10.0 Å². The van der Waals surface area contributed by atoms with Crippen molar-refractivity contribution in [3.05, 3.63) is 105 Å². The summed E-state index contributed by atoms with van der Waals surface area (Å²) in [7, 11) is 0. The SMILES string of the molecule is NCc1ccc(CN(Cc2ccc(Cl)cc2)Cc2cccc(Cl)c2)cc1. The van der Waals surface area contributed by atoms with Crippen molar-refractivity contribution in [1.82, 2.24) is 4.90 Å². The van der Waals surface area contributed by atoms with Crippen molar-refractivity contribution < 1.29 is 0 Å². The summed E-state index contributed by atoms with van der Waals surface area (Å²) >= 11 is 12.2. The fourth-order valence-electron chi connectivity index (χ4n) is 2.95. The van der Waals surface area contributed by atoms with Crippen molar-refractivity contribution >= 4 is 23.2 Å². The number of rotatable bonds is 7. The maximum atomic E-state index is 6.15. The van der Waals surface area contributed by atoms with Gasteiger partial charge in [0.05, 0.1) is 0 Å². The van der Waals surface area contributed by atoms with Gasteiger partial charge >= 0.3 is 0 Å². The highest BCUT2D eigenvalue weighted by atomic mass is 35.5. The minimum Gasteiger partial charge on any atom is -0.326 e. The lowest BCUT2D eigenvalue weighted by atomic mass is 10.1. The third-order valence-corrected chi connectivity index (χ3v) is 4.77. The second-order valence-corrected chi connectivity index (χ2v) is 7.30. The maximum Gasteiger partial charge on any atom is 0.0409 e. The number of nitrogens with zero attached hydrogens (tertiary/aromatic N) is 1. The van der Waals surface area contributed by atoms with E-state index in [0.717, 1.165) is 35.2 Å². The molecule has 2 N–H and O–H groups in total. The maximum absolute atomic E-state index is 6.15. The van der Waals surface area contributed by atoms with Crippen molar-refractivity contribution in [3.63, 3.8) is 0 Å². The largest absolute Gasteiger partial charge is 0.326 e. The van der Waals surface area contributed by atoms with Crippen LogP contribution < -0.4 is 5.73 Å². The van der Waals surface area contributed by atoms with Crippen molar-refractivity contribution in [2.75, 3.05) is 0 Å². The average molecular weight is 385 g/mol. The first kappa shape index (κ1) is 18.9. The van der Waals surface area contributed by atoms with Crippen molar-refractivity contribution in [3.8, 4) is 0 Å². The van der Waals surface area contributed by atoms with Crippen LogP contribution in [0.15, 0.2) is 72.8 Å². The van der Waals surface area contributed by atoms with Gasteiger partial charge in [0.1, 0.15) is 0 Å². The second-order valence-electron chi connectivity index (χ2n) is 6.42. The van der Waals surface area contributed by atoms with Gasteiger partial charge in [0, 0.05) is 36.2 Å². The van der Waals surface area contributed by atoms with Gasteiger partial charge in [0.15, 0.2) is 0 Å². The third-order valence-electron chi connectivity index (χ3n) is 4.28. The number of benzene rings is 3. The Kier molecular flexibility index (Phi) is 6.70. The highest BCUT2D eigenvalue weighted by Gasteiger charge is 2.09. The van der Waals surface area contributed by atoms with Crippen LogP contribution in [0.3, 0.4) is 0 Å². The number of halogens is 2. The van der Waals surface area contributed by atoms with Crippen LogP contribution in [0.5, 0.6) is 0 Å². The van der Waals surface area contributed by atoms with Crippen LogP contribution in [0.25, 0.3) is 0 Å². The van der Waals surface area contributed by atoms with E-state index in [1.807, 2.05) is 30.3 Å². The molecule has 3 aromatic rings. The van der Waals surface area contributed by atoms with E-state index < -0.39 is 0 Å². The van der Waals surface area contributed by atoms with Gasteiger partial charge in [-0.3, -0.25) is 4.90 Å². The molecule has 0 atom stereocenters. The molecular formula is C22H22Cl2N2. The molecule has 0 radical (unpaired) electrons. The van der Waals surface area contributed by atoms with E-state index in [-0.39, 0.29) is 0 Å². The van der Waals surface area contributed by atoms with Crippen LogP contribution in [-0.4, -0.2) is 4.90 Å². The standard InChI is InChI=1S/C22H22Cl2N2/c23-21-10-8-19(9-11-21)15-26(16-20-2-1-3-22(24)12-20)14-18-6-4-17(13-25)5-7-18/h1-12H,13-16,25H2. The Bertz CT molecular complexity index is 830. The molecule has 0 aromatic heterocycles. The molecule has 0 aliphatic carbocycles. The Morgan fingerprint density at radius 3 is 1.73 bits per heavy atom. The topological polar surface area (TPSA) is 29.3 Å². The molecule has 0 saturated carbocycles. The Labute approximate surface area is 165 Å². The Hall–Kier alpha value is -1.84. The Morgan fingerprint density at radius 2 is 1.15 bits per heavy atom. The van der Waals surface area contributed by atoms with Gasteiger partial charge in [-0.1, -0.05) is 71.7 Å². The summed E-state index contributed by atoms with van der Waals surface area (Å²) in [6.45, 7) is 3.07. The first-order chi connectivity index (χ1) is 12.6. The van der Waals surface area contributed by atoms with Crippen LogP contribution in [0, 0.1) is 0 Å². The molecule has 0 fully saturated rings. The van der Waals surface area contributed by atoms with Crippen LogP contribution in [-0.2, 0) is 26.2 Å². The summed E-state index contributed by atoms with van der Waals surface area (Å²) in [4.78, 5) is 2.40. The molecule has 0 aliphatic rings. The van der Waals surface area contributed by atoms with Gasteiger partial charge in [0.2, 0.25) is 0 Å². The molecule has 4 heteroatoms. The summed E-state index contributed by atoms with van der Waals surface area (Å²) in [5, 5.41) is 1.52. The molecule has 2 nitrogen and oxygen atoms in total. The summed E-state index contributed by atoms with van der Waals surface area (Å²) < 4.78 is 0. The van der Waals surface area contributed by atoms with E-state index in [0.29, 0.717) is 6.54 Å². The number of hydrogen-bond donors (Lipinski definition) is 1. The smallest absolute Gasteiger partial charge is 0.0409 e. The molecule has 0 unspecified atom stereocenters. The monoisotopic (exact) mass is 384 g/mol. The molecule has 134 valence electrons. The first-order valence-corrected chi connectivity index (χ1v) is 9.37. The van der Waals surface area contributed by atoms with Crippen LogP contribution in [0.4, 0.5) is 0 Å². The fraction of sp³-hybridized carbons (Fsp3) is 0.182. The van der Waals surface area contributed by atoms with E-state index in [4.69, 9.17) is 28.9 Å². The van der Waals surface area contributed by atoms with E-state index in [1.165, 1.54) is 16.7 Å². The molecule has 3 rings (SSSR count). The minimum absolute atomic E-state index is 0.567. The number of nitrogens with two attached hydrogens (primary N) is 1. The molecule has 0 saturated heterocycles. The van der Waals surface area contributed by atoms with Gasteiger partial charge in [0.25, 0.3) is 0 Å². The lowest BCUT2D eigenvalue weighted by molar-refractivity contribution is 0.247. The van der Waals surface area contributed by atoms with Gasteiger partial charge in [-0.2, -0.15) is 0 Å². The Balaban J connectivity index is 1.78. The van der Waals surface area contributed by atoms with Crippen molar-refractivity contribution in [2.24, 2.45) is 5.73 Å². The third kappa shape index (κ3) is 5.58. The molecule has 3 aromatic carbocycles. The van der Waals surface area contributed by atoms with Gasteiger partial charge in [-0.15, -0.1) is 0 Å². The molecule has 0 heterocycles. The van der Waals surface area contributed by atoms with E-state index in [2.05, 4.69) is 47.4 Å². The summed E-state index contributed by atoms with van der Waals surface area (Å²) in [6.07, 6.45) is 0. The van der Waals surface area contributed by atoms with Gasteiger partial charge in [-0.05, 0) is 46.5 Å². The summed E-state index contributed by atoms with van der Waals surface area (Å²) in [6, 6.07) is 24.5. The van der Waals surface area contributed by atoms with Crippen LogP contribution >= 0.6 is 23.2 Å². The zero-order valence-electron chi connectivity index (χ0n) is 14.5. The number of hydrogen-bond acceptors (Lipinski definition) is 2. The molecule has 26 heavy (non-hydrogen) atoms. The predicted molar refractivity (Wildman–Crippen MR) is 110 cm³/mol. The molecular weight excluding hydrogens is 363 g/mol. The zero-order valence-corrected chi connectivity index (χ0v) is 16.0. The zero-order chi connectivity index (χ0) is 18.4. The normalized spacial score (nSPS) is 11.1. The highest BCUT2D eigenvalue weighted by Crippen LogP contribution is 2.18. The quantitative estimate of drug-likeness (QED) is 0.569. The molecule has 0 aliphatic heterocycles. The fourth-order valence-corrected chi connectivity index (χ4v) is 3.29.